The summed E-state index contributed by atoms with van der Waals surface area (Å²) in [6.45, 7) is 0.814. The fraction of sp³-hybridized carbons (Fsp3) is 0.667. The Hall–Kier alpha value is -0.730. The van der Waals surface area contributed by atoms with Crippen LogP contribution in [0.25, 0.3) is 0 Å². The number of hydrogen-bond donors (Lipinski definition) is 1. The zero-order chi connectivity index (χ0) is 13.7. The van der Waals surface area contributed by atoms with Gasteiger partial charge in [-0.25, -0.2) is 0 Å². The molecular formula is C18H26ClNO. The minimum absolute atomic E-state index is 0. The molecule has 0 atom stereocenters. The molecule has 4 saturated carbocycles. The zero-order valence-corrected chi connectivity index (χ0v) is 13.6. The predicted molar refractivity (Wildman–Crippen MR) is 88.0 cm³/mol. The number of hydrogen-bond acceptors (Lipinski definition) is 2. The van der Waals surface area contributed by atoms with Gasteiger partial charge in [-0.05, 0) is 73.5 Å². The van der Waals surface area contributed by atoms with Crippen LogP contribution < -0.4 is 10.5 Å². The Morgan fingerprint density at radius 2 is 1.52 bits per heavy atom. The maximum absolute atomic E-state index is 6.36. The number of nitrogens with two attached hydrogens (primary N) is 1. The van der Waals surface area contributed by atoms with E-state index < -0.39 is 0 Å². The Morgan fingerprint density at radius 1 is 1.00 bits per heavy atom. The van der Waals surface area contributed by atoms with E-state index in [-0.39, 0.29) is 17.8 Å². The van der Waals surface area contributed by atoms with Gasteiger partial charge in [0.2, 0.25) is 0 Å². The Morgan fingerprint density at radius 3 is 1.95 bits per heavy atom. The topological polar surface area (TPSA) is 35.2 Å². The van der Waals surface area contributed by atoms with Crippen molar-refractivity contribution in [2.24, 2.45) is 29.4 Å². The maximum Gasteiger partial charge on any atom is 0.118 e. The summed E-state index contributed by atoms with van der Waals surface area (Å²) in [6, 6.07) is 8.76. The van der Waals surface area contributed by atoms with Crippen molar-refractivity contribution >= 4 is 12.4 Å². The van der Waals surface area contributed by atoms with Crippen molar-refractivity contribution in [1.29, 1.82) is 0 Å². The van der Waals surface area contributed by atoms with Gasteiger partial charge in [-0.2, -0.15) is 0 Å². The van der Waals surface area contributed by atoms with Gasteiger partial charge in [-0.3, -0.25) is 0 Å². The second kappa shape index (κ2) is 5.48. The smallest absolute Gasteiger partial charge is 0.118 e. The number of rotatable bonds is 3. The van der Waals surface area contributed by atoms with Crippen LogP contribution in [0.4, 0.5) is 0 Å². The fourth-order valence-electron chi connectivity index (χ4n) is 5.85. The molecule has 0 radical (unpaired) electrons. The maximum atomic E-state index is 6.36. The quantitative estimate of drug-likeness (QED) is 0.922. The lowest BCUT2D eigenvalue weighted by molar-refractivity contribution is -0.0567. The Labute approximate surface area is 133 Å². The van der Waals surface area contributed by atoms with Crippen molar-refractivity contribution in [3.8, 4) is 5.75 Å². The van der Waals surface area contributed by atoms with Crippen molar-refractivity contribution < 1.29 is 4.74 Å². The highest BCUT2D eigenvalue weighted by atomic mass is 35.5. The Balaban J connectivity index is 0.00000132. The summed E-state index contributed by atoms with van der Waals surface area (Å²) in [6.07, 6.45) is 7.15. The van der Waals surface area contributed by atoms with E-state index in [9.17, 15) is 0 Å². The summed E-state index contributed by atoms with van der Waals surface area (Å²) >= 11 is 0. The number of benzene rings is 1. The molecule has 0 heterocycles. The van der Waals surface area contributed by atoms with Crippen LogP contribution in [0.1, 0.15) is 37.7 Å². The van der Waals surface area contributed by atoms with Gasteiger partial charge in [-0.15, -0.1) is 12.4 Å². The molecule has 0 aliphatic heterocycles. The van der Waals surface area contributed by atoms with E-state index in [1.54, 1.807) is 7.11 Å². The Bertz CT molecular complexity index is 470. The van der Waals surface area contributed by atoms with Gasteiger partial charge in [-0.1, -0.05) is 12.1 Å². The Kier molecular flexibility index (Phi) is 3.96. The van der Waals surface area contributed by atoms with Crippen molar-refractivity contribution in [2.75, 3.05) is 13.7 Å². The van der Waals surface area contributed by atoms with Crippen molar-refractivity contribution in [3.05, 3.63) is 29.8 Å². The first-order chi connectivity index (χ1) is 9.76. The lowest BCUT2D eigenvalue weighted by Crippen LogP contribution is -2.58. The fourth-order valence-corrected chi connectivity index (χ4v) is 5.85. The van der Waals surface area contributed by atoms with Crippen molar-refractivity contribution in [1.82, 2.24) is 0 Å². The zero-order valence-electron chi connectivity index (χ0n) is 12.8. The summed E-state index contributed by atoms with van der Waals surface area (Å²) in [7, 11) is 1.73. The monoisotopic (exact) mass is 307 g/mol. The van der Waals surface area contributed by atoms with Crippen LogP contribution in [0.15, 0.2) is 24.3 Å². The molecule has 4 aliphatic rings. The van der Waals surface area contributed by atoms with E-state index in [2.05, 4.69) is 24.3 Å². The minimum Gasteiger partial charge on any atom is -0.497 e. The average Bonchev–Trinajstić information content (AvgIpc) is 2.48. The first-order valence-electron chi connectivity index (χ1n) is 8.11. The van der Waals surface area contributed by atoms with Gasteiger partial charge in [0.05, 0.1) is 7.11 Å². The molecule has 0 amide bonds. The van der Waals surface area contributed by atoms with Gasteiger partial charge >= 0.3 is 0 Å². The van der Waals surface area contributed by atoms with Crippen LogP contribution in [0, 0.1) is 23.7 Å². The molecule has 2 N–H and O–H groups in total. The summed E-state index contributed by atoms with van der Waals surface area (Å²) in [4.78, 5) is 0. The molecule has 0 spiro atoms. The standard InChI is InChI=1S/C18H25NO.ClH/c1-20-17-4-2-14(3-5-17)18(11-19)15-7-12-6-13(9-15)10-16(18)8-12;/h2-5,12-13,15-16H,6-11,19H2,1H3;1H. The third kappa shape index (κ3) is 2.10. The molecular weight excluding hydrogens is 282 g/mol. The second-order valence-corrected chi connectivity index (χ2v) is 7.28. The van der Waals surface area contributed by atoms with Crippen LogP contribution in [0.5, 0.6) is 5.75 Å². The van der Waals surface area contributed by atoms with E-state index in [0.29, 0.717) is 0 Å². The van der Waals surface area contributed by atoms with Crippen LogP contribution in [-0.2, 0) is 5.41 Å². The summed E-state index contributed by atoms with van der Waals surface area (Å²) in [5, 5.41) is 0. The first-order valence-corrected chi connectivity index (χ1v) is 8.11. The summed E-state index contributed by atoms with van der Waals surface area (Å²) < 4.78 is 5.31. The van der Waals surface area contributed by atoms with E-state index in [1.165, 1.54) is 37.7 Å². The average molecular weight is 308 g/mol. The van der Waals surface area contributed by atoms with Gasteiger partial charge < -0.3 is 10.5 Å². The molecule has 0 unspecified atom stereocenters. The summed E-state index contributed by atoms with van der Waals surface area (Å²) in [5.74, 6) is 4.57. The van der Waals surface area contributed by atoms with E-state index >= 15 is 0 Å². The third-order valence-corrected chi connectivity index (χ3v) is 6.56. The molecule has 0 saturated heterocycles. The normalized spacial score (nSPS) is 39.9. The highest BCUT2D eigenvalue weighted by Gasteiger charge is 2.56. The molecule has 4 aliphatic carbocycles. The second-order valence-electron chi connectivity index (χ2n) is 7.28. The van der Waals surface area contributed by atoms with Crippen molar-refractivity contribution in [2.45, 2.75) is 37.5 Å². The molecule has 2 nitrogen and oxygen atoms in total. The largest absolute Gasteiger partial charge is 0.497 e. The summed E-state index contributed by atoms with van der Waals surface area (Å²) in [5.41, 5.74) is 8.08. The number of ether oxygens (including phenoxy) is 1. The van der Waals surface area contributed by atoms with Crippen LogP contribution in [-0.4, -0.2) is 13.7 Å². The molecule has 4 bridgehead atoms. The number of halogens is 1. The van der Waals surface area contributed by atoms with E-state index in [0.717, 1.165) is 36.0 Å². The highest BCUT2D eigenvalue weighted by Crippen LogP contribution is 2.62. The molecule has 5 rings (SSSR count). The first kappa shape index (κ1) is 15.2. The number of methoxy groups -OCH3 is 1. The molecule has 4 fully saturated rings. The molecule has 116 valence electrons. The van der Waals surface area contributed by atoms with E-state index in [4.69, 9.17) is 10.5 Å². The molecule has 1 aromatic rings. The molecule has 3 heteroatoms. The van der Waals surface area contributed by atoms with Crippen LogP contribution >= 0.6 is 12.4 Å². The van der Waals surface area contributed by atoms with Crippen molar-refractivity contribution in [3.63, 3.8) is 0 Å². The van der Waals surface area contributed by atoms with Gasteiger partial charge in [0.25, 0.3) is 0 Å². The van der Waals surface area contributed by atoms with Crippen LogP contribution in [0.2, 0.25) is 0 Å². The SMILES string of the molecule is COc1ccc(C2(CN)C3CC4CC(C3)CC2C4)cc1.Cl. The third-order valence-electron chi connectivity index (χ3n) is 6.56. The predicted octanol–water partition coefficient (Wildman–Crippen LogP) is 3.77. The molecule has 21 heavy (non-hydrogen) atoms. The highest BCUT2D eigenvalue weighted by molar-refractivity contribution is 5.85. The lowest BCUT2D eigenvalue weighted by atomic mass is 9.44. The van der Waals surface area contributed by atoms with Gasteiger partial charge in [0.15, 0.2) is 0 Å². The molecule has 1 aromatic carbocycles. The van der Waals surface area contributed by atoms with Gasteiger partial charge in [0.1, 0.15) is 5.75 Å². The van der Waals surface area contributed by atoms with E-state index in [1.807, 2.05) is 0 Å². The van der Waals surface area contributed by atoms with Crippen LogP contribution in [0.3, 0.4) is 0 Å². The molecule has 0 aromatic heterocycles. The lowest BCUT2D eigenvalue weighted by Gasteiger charge is -2.61. The van der Waals surface area contributed by atoms with Gasteiger partial charge in [0, 0.05) is 12.0 Å². The minimum atomic E-state index is 0.